The van der Waals surface area contributed by atoms with Crippen LogP contribution in [0.5, 0.6) is 0 Å². The number of rotatable bonds is 3. The maximum absolute atomic E-state index is 12.5. The lowest BCUT2D eigenvalue weighted by Crippen LogP contribution is -2.19. The number of aryl methyl sites for hydroxylation is 1. The lowest BCUT2D eigenvalue weighted by atomic mass is 10.3. The van der Waals surface area contributed by atoms with Crippen molar-refractivity contribution in [2.24, 2.45) is 0 Å². The Hall–Kier alpha value is -1.86. The number of hydrogen-bond acceptors (Lipinski definition) is 3. The van der Waals surface area contributed by atoms with Crippen LogP contribution in [0, 0.1) is 6.92 Å². The minimum absolute atomic E-state index is 0.133. The van der Waals surface area contributed by atoms with Gasteiger partial charge in [-0.3, -0.25) is 4.68 Å². The fourth-order valence-electron chi connectivity index (χ4n) is 1.68. The molecule has 0 N–H and O–H groups in total. The Kier molecular flexibility index (Phi) is 3.34. The molecule has 0 aliphatic heterocycles. The molecular formula is C11H14F3N5. The van der Waals surface area contributed by atoms with Crippen LogP contribution >= 0.6 is 0 Å². The van der Waals surface area contributed by atoms with Crippen LogP contribution < -0.4 is 0 Å². The summed E-state index contributed by atoms with van der Waals surface area (Å²) in [5, 5.41) is 7.87. The van der Waals surface area contributed by atoms with Gasteiger partial charge in [0.2, 0.25) is 0 Å². The molecule has 0 saturated carbocycles. The molecule has 2 aromatic rings. The molecule has 8 heteroatoms. The van der Waals surface area contributed by atoms with E-state index in [1.165, 1.54) is 6.20 Å². The van der Waals surface area contributed by atoms with E-state index in [1.54, 1.807) is 17.8 Å². The Morgan fingerprint density at radius 2 is 2.00 bits per heavy atom. The van der Waals surface area contributed by atoms with E-state index in [4.69, 9.17) is 0 Å². The molecule has 2 heterocycles. The monoisotopic (exact) mass is 273 g/mol. The molecular weight excluding hydrogens is 259 g/mol. The van der Waals surface area contributed by atoms with Crippen LogP contribution in [0.15, 0.2) is 12.4 Å². The predicted molar refractivity (Wildman–Crippen MR) is 62.4 cm³/mol. The van der Waals surface area contributed by atoms with E-state index < -0.39 is 12.7 Å². The summed E-state index contributed by atoms with van der Waals surface area (Å²) in [6.45, 7) is 4.27. The lowest BCUT2D eigenvalue weighted by molar-refractivity contribution is -0.142. The topological polar surface area (TPSA) is 48.5 Å². The molecule has 0 atom stereocenters. The van der Waals surface area contributed by atoms with Gasteiger partial charge in [0, 0.05) is 12.2 Å². The largest absolute Gasteiger partial charge is 0.408 e. The molecule has 2 rings (SSSR count). The second kappa shape index (κ2) is 4.67. The molecule has 2 aromatic heterocycles. The minimum atomic E-state index is -4.33. The van der Waals surface area contributed by atoms with Crippen molar-refractivity contribution >= 4 is 0 Å². The molecule has 0 aliphatic rings. The van der Waals surface area contributed by atoms with Crippen LogP contribution in [0.25, 0.3) is 11.4 Å². The molecule has 0 saturated heterocycles. The second-order valence-electron chi connectivity index (χ2n) is 4.56. The molecule has 0 spiro atoms. The molecule has 19 heavy (non-hydrogen) atoms. The summed E-state index contributed by atoms with van der Waals surface area (Å²) >= 11 is 0. The average Bonchev–Trinajstić information content (AvgIpc) is 2.82. The molecule has 0 radical (unpaired) electrons. The summed E-state index contributed by atoms with van der Waals surface area (Å²) < 4.78 is 39.9. The highest BCUT2D eigenvalue weighted by Gasteiger charge is 2.30. The number of alkyl halides is 3. The molecule has 0 amide bonds. The molecule has 104 valence electrons. The maximum atomic E-state index is 12.5. The van der Waals surface area contributed by atoms with Crippen molar-refractivity contribution in [3.05, 3.63) is 18.2 Å². The minimum Gasteiger partial charge on any atom is -0.270 e. The Morgan fingerprint density at radius 3 is 2.53 bits per heavy atom. The summed E-state index contributed by atoms with van der Waals surface area (Å²) in [6, 6.07) is 0.133. The molecule has 0 fully saturated rings. The van der Waals surface area contributed by atoms with E-state index in [0.29, 0.717) is 11.4 Å². The first-order valence-electron chi connectivity index (χ1n) is 5.79. The highest BCUT2D eigenvalue weighted by molar-refractivity contribution is 5.52. The number of hydrogen-bond donors (Lipinski definition) is 0. The van der Waals surface area contributed by atoms with E-state index >= 15 is 0 Å². The van der Waals surface area contributed by atoms with Crippen molar-refractivity contribution in [2.45, 2.75) is 39.5 Å². The van der Waals surface area contributed by atoms with E-state index in [1.807, 2.05) is 13.8 Å². The van der Waals surface area contributed by atoms with Crippen LogP contribution in [-0.4, -0.2) is 30.7 Å². The van der Waals surface area contributed by atoms with Gasteiger partial charge >= 0.3 is 6.18 Å². The van der Waals surface area contributed by atoms with Gasteiger partial charge < -0.3 is 0 Å². The first-order valence-corrected chi connectivity index (χ1v) is 5.79. The lowest BCUT2D eigenvalue weighted by Gasteiger charge is -2.08. The smallest absolute Gasteiger partial charge is 0.270 e. The van der Waals surface area contributed by atoms with Crippen LogP contribution in [0.1, 0.15) is 25.7 Å². The first-order chi connectivity index (χ1) is 8.76. The second-order valence-corrected chi connectivity index (χ2v) is 4.56. The highest BCUT2D eigenvalue weighted by atomic mass is 19.4. The van der Waals surface area contributed by atoms with Crippen molar-refractivity contribution in [1.29, 1.82) is 0 Å². The van der Waals surface area contributed by atoms with Crippen molar-refractivity contribution in [3.63, 3.8) is 0 Å². The van der Waals surface area contributed by atoms with Gasteiger partial charge in [-0.2, -0.15) is 23.4 Å². The third kappa shape index (κ3) is 3.12. The fourth-order valence-corrected chi connectivity index (χ4v) is 1.68. The molecule has 0 aliphatic carbocycles. The third-order valence-electron chi connectivity index (χ3n) is 2.50. The van der Waals surface area contributed by atoms with Gasteiger partial charge in [0.05, 0.1) is 11.8 Å². The summed E-state index contributed by atoms with van der Waals surface area (Å²) in [7, 11) is 0. The van der Waals surface area contributed by atoms with Crippen molar-refractivity contribution in [3.8, 4) is 11.4 Å². The van der Waals surface area contributed by atoms with Gasteiger partial charge in [-0.15, -0.1) is 0 Å². The van der Waals surface area contributed by atoms with Crippen LogP contribution in [-0.2, 0) is 6.54 Å². The van der Waals surface area contributed by atoms with Gasteiger partial charge in [-0.05, 0) is 20.8 Å². The normalized spacial score (nSPS) is 12.4. The van der Waals surface area contributed by atoms with Crippen molar-refractivity contribution < 1.29 is 13.2 Å². The summed E-state index contributed by atoms with van der Waals surface area (Å²) in [5.41, 5.74) is 0.526. The zero-order chi connectivity index (χ0) is 14.2. The number of aromatic nitrogens is 5. The molecule has 5 nitrogen and oxygen atoms in total. The summed E-state index contributed by atoms with van der Waals surface area (Å²) in [5.74, 6) is 0.485. The average molecular weight is 273 g/mol. The van der Waals surface area contributed by atoms with Gasteiger partial charge in [-0.25, -0.2) is 9.67 Å². The van der Waals surface area contributed by atoms with Gasteiger partial charge in [0.25, 0.3) is 0 Å². The quantitative estimate of drug-likeness (QED) is 0.863. The van der Waals surface area contributed by atoms with Gasteiger partial charge in [-0.1, -0.05) is 0 Å². The zero-order valence-electron chi connectivity index (χ0n) is 10.8. The summed E-state index contributed by atoms with van der Waals surface area (Å²) in [6.07, 6.45) is -1.17. The Bertz CT molecular complexity index is 567. The zero-order valence-corrected chi connectivity index (χ0v) is 10.8. The van der Waals surface area contributed by atoms with E-state index in [2.05, 4.69) is 15.2 Å². The Balaban J connectivity index is 2.38. The van der Waals surface area contributed by atoms with Crippen LogP contribution in [0.2, 0.25) is 0 Å². The van der Waals surface area contributed by atoms with Crippen molar-refractivity contribution in [2.75, 3.05) is 0 Å². The van der Waals surface area contributed by atoms with E-state index in [0.717, 1.165) is 4.68 Å². The Morgan fingerprint density at radius 1 is 1.32 bits per heavy atom. The van der Waals surface area contributed by atoms with Gasteiger partial charge in [0.1, 0.15) is 12.4 Å². The van der Waals surface area contributed by atoms with Crippen LogP contribution in [0.3, 0.4) is 0 Å². The number of nitrogens with zero attached hydrogens (tertiary/aromatic N) is 5. The third-order valence-corrected chi connectivity index (χ3v) is 2.50. The molecule has 0 unspecified atom stereocenters. The van der Waals surface area contributed by atoms with Crippen molar-refractivity contribution in [1.82, 2.24) is 24.5 Å². The number of halogens is 3. The molecule has 0 aromatic carbocycles. The molecule has 0 bridgehead atoms. The Labute approximate surface area is 108 Å². The predicted octanol–water partition coefficient (Wildman–Crippen LogP) is 2.59. The first kappa shape index (κ1) is 13.6. The van der Waals surface area contributed by atoms with E-state index in [9.17, 15) is 13.2 Å². The fraction of sp³-hybridized carbons (Fsp3) is 0.545. The van der Waals surface area contributed by atoms with Crippen LogP contribution in [0.4, 0.5) is 13.2 Å². The SMILES string of the molecule is Cc1nc(-c2cnn(C(C)C)c2)n(CC(F)(F)F)n1. The maximum Gasteiger partial charge on any atom is 0.408 e. The standard InChI is InChI=1S/C11H14F3N5/c1-7(2)18-5-9(4-15-18)10-16-8(3)17-19(10)6-11(12,13)14/h4-5,7H,6H2,1-3H3. The highest BCUT2D eigenvalue weighted by Crippen LogP contribution is 2.23. The summed E-state index contributed by atoms with van der Waals surface area (Å²) in [4.78, 5) is 4.04. The van der Waals surface area contributed by atoms with E-state index in [-0.39, 0.29) is 11.9 Å². The van der Waals surface area contributed by atoms with Gasteiger partial charge in [0.15, 0.2) is 5.82 Å².